The zero-order valence-electron chi connectivity index (χ0n) is 63.8. The molecule has 0 aromatic rings. The van der Waals surface area contributed by atoms with Crippen molar-refractivity contribution in [2.45, 2.75) is 399 Å². The van der Waals surface area contributed by atoms with E-state index in [1.165, 1.54) is 128 Å². The number of carbonyl (C=O) groups is 3. The minimum atomic E-state index is -2.17. The highest BCUT2D eigenvalue weighted by Crippen LogP contribution is 2.37. The molecular formula is C76H137N3O28. The molecule has 5 rings (SSSR count). The van der Waals surface area contributed by atoms with Crippen molar-refractivity contribution in [3.8, 4) is 0 Å². The zero-order valence-corrected chi connectivity index (χ0v) is 63.8. The Labute approximate surface area is 632 Å². The lowest BCUT2D eigenvalue weighted by atomic mass is 9.94. The fourth-order valence-corrected chi connectivity index (χ4v) is 14.4. The lowest BCUT2D eigenvalue weighted by Gasteiger charge is -2.50. The first-order chi connectivity index (χ1) is 51.6. The summed E-state index contributed by atoms with van der Waals surface area (Å²) in [5.74, 6) is -1.90. The number of hydrogen-bond donors (Lipinski definition) is 18. The first kappa shape index (κ1) is 94.5. The van der Waals surface area contributed by atoms with Crippen molar-refractivity contribution in [3.05, 3.63) is 24.3 Å². The molecule has 0 aliphatic carbocycles. The number of ether oxygens (including phenoxy) is 10. The first-order valence-corrected chi connectivity index (χ1v) is 40.1. The van der Waals surface area contributed by atoms with E-state index in [1.807, 2.05) is 6.08 Å². The topological polar surface area (TPSA) is 483 Å². The van der Waals surface area contributed by atoms with E-state index in [-0.39, 0.29) is 12.3 Å². The van der Waals surface area contributed by atoms with Gasteiger partial charge in [0.25, 0.3) is 0 Å². The summed E-state index contributed by atoms with van der Waals surface area (Å²) in [5.41, 5.74) is 0. The van der Waals surface area contributed by atoms with Crippen molar-refractivity contribution in [1.29, 1.82) is 0 Å². The number of aliphatic hydroxyl groups excluding tert-OH is 15. The maximum Gasteiger partial charge on any atom is 0.220 e. The molecular weight excluding hydrogens is 1400 g/mol. The van der Waals surface area contributed by atoms with Crippen molar-refractivity contribution in [3.63, 3.8) is 0 Å². The summed E-state index contributed by atoms with van der Waals surface area (Å²) in [6.45, 7) is 1.39. The van der Waals surface area contributed by atoms with Crippen LogP contribution < -0.4 is 16.0 Å². The number of nitrogens with one attached hydrogen (secondary N) is 3. The molecule has 5 heterocycles. The van der Waals surface area contributed by atoms with Crippen LogP contribution in [0.4, 0.5) is 0 Å². The number of rotatable bonds is 54. The van der Waals surface area contributed by atoms with Gasteiger partial charge in [-0.1, -0.05) is 192 Å². The molecule has 5 saturated heterocycles. The lowest BCUT2D eigenvalue weighted by Crippen LogP contribution is -2.70. The molecule has 0 radical (unpaired) electrons. The second kappa shape index (κ2) is 53.1. The monoisotopic (exact) mass is 1540 g/mol. The van der Waals surface area contributed by atoms with E-state index in [0.717, 1.165) is 71.6 Å². The standard InChI is InChI=1S/C76H137N3O28/c1-5-7-9-11-13-15-17-19-20-21-22-23-24-25-26-28-30-32-34-36-38-40-56(88)79-49(50(87)39-37-35-33-31-29-27-18-16-14-12-10-8-6-2)46-98-74-65(95)63(93)69(54(44-83)102-74)105-75-66(96)64(94)68(55(45-84)103-75)104-73-58(78-48(4)86)70(60(90)52(42-81)100-73)106-76-67(97)71(61(91)53(43-82)101-76)107-72-57(77-47(3)85)62(92)59(89)51(41-80)99-72/h19-20,37,39,49-55,57-76,80-84,87,89-97H,5-18,21-36,38,40-46H2,1-4H3,(H,77,85)(H,78,86)(H,79,88)/b20-19-,39-37+/t49-,50+,51?,52?,53?,54?,55?,57?,58?,59+,60-,61-,62+,63+,64+,65?,66?,67?,68-,69+,70+,71-,72-,73-,74+,75-,76-/m0/s1. The van der Waals surface area contributed by atoms with Gasteiger partial charge in [0.05, 0.1) is 51.8 Å². The Morgan fingerprint density at radius 1 is 0.364 bits per heavy atom. The highest BCUT2D eigenvalue weighted by Gasteiger charge is 2.57. The van der Waals surface area contributed by atoms with Crippen LogP contribution in [0.3, 0.4) is 0 Å². The number of hydrogen-bond acceptors (Lipinski definition) is 28. The van der Waals surface area contributed by atoms with Crippen molar-refractivity contribution in [2.75, 3.05) is 39.6 Å². The molecule has 10 unspecified atom stereocenters. The smallest absolute Gasteiger partial charge is 0.220 e. The predicted molar refractivity (Wildman–Crippen MR) is 389 cm³/mol. The summed E-state index contributed by atoms with van der Waals surface area (Å²) in [4.78, 5) is 38.7. The van der Waals surface area contributed by atoms with Crippen LogP contribution in [-0.4, -0.2) is 300 Å². The average molecular weight is 1540 g/mol. The van der Waals surface area contributed by atoms with Gasteiger partial charge in [0.1, 0.15) is 122 Å². The number of amides is 3. The molecule has 5 aliphatic rings. The molecule has 27 atom stereocenters. The normalized spacial score (nSPS) is 34.1. The summed E-state index contributed by atoms with van der Waals surface area (Å²) in [6, 6.07) is -4.38. The van der Waals surface area contributed by atoms with Crippen LogP contribution in [0.1, 0.15) is 233 Å². The fraction of sp³-hybridized carbons (Fsp3) is 0.908. The summed E-state index contributed by atoms with van der Waals surface area (Å²) >= 11 is 0. The van der Waals surface area contributed by atoms with E-state index >= 15 is 0 Å². The van der Waals surface area contributed by atoms with Crippen LogP contribution in [0.25, 0.3) is 0 Å². The summed E-state index contributed by atoms with van der Waals surface area (Å²) in [7, 11) is 0. The van der Waals surface area contributed by atoms with Crippen LogP contribution in [0.2, 0.25) is 0 Å². The third kappa shape index (κ3) is 31.7. The lowest BCUT2D eigenvalue weighted by molar-refractivity contribution is -0.383. The van der Waals surface area contributed by atoms with Crippen LogP contribution in [-0.2, 0) is 61.8 Å². The minimum Gasteiger partial charge on any atom is -0.394 e. The maximum absolute atomic E-state index is 13.5. The van der Waals surface area contributed by atoms with Gasteiger partial charge in [0.2, 0.25) is 17.7 Å². The second-order valence-corrected chi connectivity index (χ2v) is 29.6. The van der Waals surface area contributed by atoms with Gasteiger partial charge in [0, 0.05) is 20.3 Å². The molecule has 18 N–H and O–H groups in total. The Balaban J connectivity index is 1.18. The van der Waals surface area contributed by atoms with Gasteiger partial charge >= 0.3 is 0 Å². The maximum atomic E-state index is 13.5. The third-order valence-electron chi connectivity index (χ3n) is 20.8. The molecule has 624 valence electrons. The molecule has 0 aromatic carbocycles. The van der Waals surface area contributed by atoms with E-state index < -0.39 is 217 Å². The largest absolute Gasteiger partial charge is 0.394 e. The summed E-state index contributed by atoms with van der Waals surface area (Å²) in [6.07, 6.45) is 0.182. The Kier molecular flexibility index (Phi) is 46.8. The quantitative estimate of drug-likeness (QED) is 0.0305. The molecule has 31 heteroatoms. The van der Waals surface area contributed by atoms with E-state index in [4.69, 9.17) is 47.4 Å². The number of aliphatic hydroxyl groups is 15. The van der Waals surface area contributed by atoms with Crippen molar-refractivity contribution >= 4 is 17.7 Å². The molecule has 5 fully saturated rings. The third-order valence-corrected chi connectivity index (χ3v) is 20.8. The van der Waals surface area contributed by atoms with Crippen molar-refractivity contribution in [1.82, 2.24) is 16.0 Å². The van der Waals surface area contributed by atoms with Gasteiger partial charge in [-0.2, -0.15) is 0 Å². The molecule has 0 saturated carbocycles. The van der Waals surface area contributed by atoms with Gasteiger partial charge in [-0.3, -0.25) is 14.4 Å². The van der Waals surface area contributed by atoms with Crippen LogP contribution in [0, 0.1) is 0 Å². The van der Waals surface area contributed by atoms with Crippen LogP contribution in [0.5, 0.6) is 0 Å². The van der Waals surface area contributed by atoms with E-state index in [1.54, 1.807) is 6.08 Å². The Morgan fingerprint density at radius 3 is 1.18 bits per heavy atom. The number of allylic oxidation sites excluding steroid dienone is 3. The zero-order chi connectivity index (χ0) is 78.2. The van der Waals surface area contributed by atoms with E-state index in [9.17, 15) is 91.0 Å². The van der Waals surface area contributed by atoms with Crippen molar-refractivity contribution < 1.29 is 138 Å². The Bertz CT molecular complexity index is 2430. The highest BCUT2D eigenvalue weighted by atomic mass is 16.8. The molecule has 3 amide bonds. The first-order valence-electron chi connectivity index (χ1n) is 40.1. The van der Waals surface area contributed by atoms with Crippen LogP contribution >= 0.6 is 0 Å². The number of unbranched alkanes of at least 4 members (excludes halogenated alkanes) is 28. The fourth-order valence-electron chi connectivity index (χ4n) is 14.4. The Morgan fingerprint density at radius 2 is 0.710 bits per heavy atom. The summed E-state index contributed by atoms with van der Waals surface area (Å²) < 4.78 is 59.2. The van der Waals surface area contributed by atoms with E-state index in [0.29, 0.717) is 12.8 Å². The SMILES string of the molecule is CCCCCCCC/C=C\CCCCCCCCCCCCCC(=O)N[C@@H](CO[C@@H]1OC(CO)[C@@H](O[C@@H]2OC(CO)[C@H](O[C@@H]3OC(CO)[C@H](O)[C@H](O[C@@H]4OC(CO)[C@H](O)[C@H](O[C@@H]5OC(CO)[C@@H](O)[C@H](O)C5NC(C)=O)C4O)C3NC(C)=O)[C@H](O)C2O)[C@H](O)C1O)[C@H](O)/C=C/CCCCCCCCCCCCC. The highest BCUT2D eigenvalue weighted by molar-refractivity contribution is 5.76. The molecule has 0 spiro atoms. The minimum absolute atomic E-state index is 0.190. The van der Waals surface area contributed by atoms with Gasteiger partial charge in [-0.25, -0.2) is 0 Å². The van der Waals surface area contributed by atoms with Gasteiger partial charge < -0.3 is 140 Å². The molecule has 5 aliphatic heterocycles. The predicted octanol–water partition coefficient (Wildman–Crippen LogP) is 1.87. The summed E-state index contributed by atoms with van der Waals surface area (Å²) in [5, 5.41) is 174. The van der Waals surface area contributed by atoms with E-state index in [2.05, 4.69) is 41.9 Å². The van der Waals surface area contributed by atoms with Crippen molar-refractivity contribution in [2.24, 2.45) is 0 Å². The van der Waals surface area contributed by atoms with Gasteiger partial charge in [-0.15, -0.1) is 0 Å². The molecule has 0 bridgehead atoms. The average Bonchev–Trinajstić information content (AvgIpc) is 0.767. The second-order valence-electron chi connectivity index (χ2n) is 29.6. The Hall–Kier alpha value is -3.11. The van der Waals surface area contributed by atoms with Crippen LogP contribution in [0.15, 0.2) is 24.3 Å². The number of carbonyl (C=O) groups excluding carboxylic acids is 3. The molecule has 0 aromatic heterocycles. The molecule has 31 nitrogen and oxygen atoms in total. The molecule has 107 heavy (non-hydrogen) atoms. The van der Waals surface area contributed by atoms with Gasteiger partial charge in [-0.05, 0) is 44.9 Å². The van der Waals surface area contributed by atoms with Gasteiger partial charge in [0.15, 0.2) is 31.5 Å².